The van der Waals surface area contributed by atoms with Crippen LogP contribution in [-0.2, 0) is 19.6 Å². The first kappa shape index (κ1) is 22.3. The first-order chi connectivity index (χ1) is 11.9. The quantitative estimate of drug-likeness (QED) is 0.409. The molecule has 6 nitrogen and oxygen atoms in total. The molecule has 2 aliphatic rings. The minimum atomic E-state index is -6.47. The maximum absolute atomic E-state index is 13.6. The zero-order valence-electron chi connectivity index (χ0n) is 14.6. The summed E-state index contributed by atoms with van der Waals surface area (Å²) in [4.78, 5) is 12.3. The molecule has 3 atom stereocenters. The summed E-state index contributed by atoms with van der Waals surface area (Å²) in [5.41, 5.74) is -2.52. The lowest BCUT2D eigenvalue weighted by molar-refractivity contribution is -0.264. The number of carbonyl (C=O) groups excluding carboxylic acids is 1. The Hall–Kier alpha value is -1.01. The number of rotatable bonds is 4. The molecule has 0 spiro atoms. The summed E-state index contributed by atoms with van der Waals surface area (Å²) in [6.07, 6.45) is -8.97. The van der Waals surface area contributed by atoms with Gasteiger partial charge in [-0.25, -0.2) is 0 Å². The van der Waals surface area contributed by atoms with Crippen molar-refractivity contribution in [1.82, 2.24) is 0 Å². The summed E-state index contributed by atoms with van der Waals surface area (Å²) < 4.78 is 99.9. The lowest BCUT2D eigenvalue weighted by Crippen LogP contribution is -2.54. The Morgan fingerprint density at radius 3 is 1.89 bits per heavy atom. The molecule has 0 heterocycles. The molecule has 2 fully saturated rings. The number of alkyl halides is 5. The van der Waals surface area contributed by atoms with Gasteiger partial charge in [-0.2, -0.15) is 30.4 Å². The fourth-order valence-corrected chi connectivity index (χ4v) is 4.96. The third-order valence-electron chi connectivity index (χ3n) is 5.27. The maximum Gasteiger partial charge on any atom is 0.432 e. The topological polar surface area (TPSA) is 101 Å². The number of aliphatic hydroxyl groups is 1. The summed E-state index contributed by atoms with van der Waals surface area (Å²) in [5, 5.41) is 4.43. The molecule has 2 N–H and O–H groups in total. The second-order valence-electron chi connectivity index (χ2n) is 8.21. The van der Waals surface area contributed by atoms with Gasteiger partial charge in [0.2, 0.25) is 0 Å². The van der Waals surface area contributed by atoms with Gasteiger partial charge in [0.1, 0.15) is 0 Å². The van der Waals surface area contributed by atoms with E-state index < -0.39 is 44.6 Å². The van der Waals surface area contributed by atoms with Crippen LogP contribution in [0, 0.1) is 17.3 Å². The van der Waals surface area contributed by atoms with E-state index in [1.165, 1.54) is 6.92 Å². The zero-order valence-corrected chi connectivity index (χ0v) is 15.4. The number of ether oxygens (including phenoxy) is 1. The smallest absolute Gasteiger partial charge is 0.432 e. The van der Waals surface area contributed by atoms with Crippen LogP contribution in [0.25, 0.3) is 0 Å². The van der Waals surface area contributed by atoms with Crippen LogP contribution in [0.5, 0.6) is 0 Å². The van der Waals surface area contributed by atoms with Crippen molar-refractivity contribution < 1.29 is 49.6 Å². The standard InChI is InChI=1S/C15H21F5O6S/c1-12(4-8-3-9(5-12)7-13(2,22)6-8)11(21)26-10(14(16,17)18)15(19,20)27(23,24)25/h8-10,22H,3-7H2,1-2H3,(H,23,24,25). The average molecular weight is 424 g/mol. The average Bonchev–Trinajstić information content (AvgIpc) is 2.38. The molecular formula is C15H21F5O6S. The number of esters is 1. The predicted molar refractivity (Wildman–Crippen MR) is 81.2 cm³/mol. The van der Waals surface area contributed by atoms with Crippen molar-refractivity contribution in [3.63, 3.8) is 0 Å². The molecule has 2 saturated carbocycles. The van der Waals surface area contributed by atoms with E-state index in [9.17, 15) is 40.3 Å². The van der Waals surface area contributed by atoms with Crippen LogP contribution in [0.4, 0.5) is 22.0 Å². The van der Waals surface area contributed by atoms with Crippen LogP contribution >= 0.6 is 0 Å². The van der Waals surface area contributed by atoms with Gasteiger partial charge in [0.25, 0.3) is 6.10 Å². The van der Waals surface area contributed by atoms with Gasteiger partial charge in [-0.1, -0.05) is 0 Å². The first-order valence-electron chi connectivity index (χ1n) is 8.22. The molecule has 0 aromatic carbocycles. The second kappa shape index (κ2) is 6.51. The molecule has 0 aromatic heterocycles. The van der Waals surface area contributed by atoms with E-state index in [0.29, 0.717) is 19.3 Å². The maximum atomic E-state index is 13.6. The molecule has 2 bridgehead atoms. The summed E-state index contributed by atoms with van der Waals surface area (Å²) in [6, 6.07) is 0. The fraction of sp³-hybridized carbons (Fsp3) is 0.933. The van der Waals surface area contributed by atoms with Crippen LogP contribution in [0.3, 0.4) is 0 Å². The van der Waals surface area contributed by atoms with Crippen LogP contribution in [0.15, 0.2) is 0 Å². The van der Waals surface area contributed by atoms with Crippen molar-refractivity contribution >= 4 is 16.1 Å². The van der Waals surface area contributed by atoms with Crippen LogP contribution in [0.2, 0.25) is 0 Å². The van der Waals surface area contributed by atoms with Crippen molar-refractivity contribution in [2.45, 2.75) is 69.1 Å². The Kier molecular flexibility index (Phi) is 5.38. The van der Waals surface area contributed by atoms with Gasteiger partial charge in [-0.05, 0) is 57.8 Å². The first-order valence-corrected chi connectivity index (χ1v) is 9.66. The lowest BCUT2D eigenvalue weighted by atomic mass is 9.58. The van der Waals surface area contributed by atoms with Crippen molar-refractivity contribution in [2.75, 3.05) is 0 Å². The van der Waals surface area contributed by atoms with Gasteiger partial charge in [-0.15, -0.1) is 0 Å². The van der Waals surface area contributed by atoms with Gasteiger partial charge in [0, 0.05) is 0 Å². The van der Waals surface area contributed by atoms with Crippen molar-refractivity contribution in [1.29, 1.82) is 0 Å². The molecule has 3 unspecified atom stereocenters. The summed E-state index contributed by atoms with van der Waals surface area (Å²) in [6.45, 7) is 2.88. The summed E-state index contributed by atoms with van der Waals surface area (Å²) >= 11 is 0. The number of hydrogen-bond donors (Lipinski definition) is 2. The highest BCUT2D eigenvalue weighted by molar-refractivity contribution is 7.86. The fourth-order valence-electron chi connectivity index (χ4n) is 4.51. The Morgan fingerprint density at radius 1 is 1.07 bits per heavy atom. The van der Waals surface area contributed by atoms with Crippen molar-refractivity contribution in [2.24, 2.45) is 17.3 Å². The molecular weight excluding hydrogens is 403 g/mol. The largest absolute Gasteiger partial charge is 0.444 e. The SMILES string of the molecule is CC1(O)CC2CC(C1)CC(C)(C(=O)OC(C(F)(F)F)C(F)(F)S(=O)(=O)O)C2. The van der Waals surface area contributed by atoms with E-state index in [0.717, 1.165) is 0 Å². The van der Waals surface area contributed by atoms with Gasteiger partial charge < -0.3 is 9.84 Å². The van der Waals surface area contributed by atoms with Gasteiger partial charge in [-0.3, -0.25) is 9.35 Å². The van der Waals surface area contributed by atoms with Gasteiger partial charge >= 0.3 is 27.5 Å². The minimum absolute atomic E-state index is 0.0144. The molecule has 2 rings (SSSR count). The van der Waals surface area contributed by atoms with Crippen LogP contribution < -0.4 is 0 Å². The Balaban J connectivity index is 2.26. The second-order valence-corrected chi connectivity index (χ2v) is 9.70. The molecule has 12 heteroatoms. The van der Waals surface area contributed by atoms with E-state index in [-0.39, 0.29) is 24.7 Å². The summed E-state index contributed by atoms with van der Waals surface area (Å²) in [7, 11) is -6.47. The number of hydrogen-bond acceptors (Lipinski definition) is 5. The van der Waals surface area contributed by atoms with Crippen molar-refractivity contribution in [3.05, 3.63) is 0 Å². The highest BCUT2D eigenvalue weighted by Crippen LogP contribution is 2.52. The molecule has 158 valence electrons. The van der Waals surface area contributed by atoms with Crippen LogP contribution in [-0.4, -0.2) is 47.2 Å². The van der Waals surface area contributed by atoms with E-state index in [2.05, 4.69) is 4.74 Å². The van der Waals surface area contributed by atoms with Gasteiger partial charge in [0.05, 0.1) is 11.0 Å². The predicted octanol–water partition coefficient (Wildman–Crippen LogP) is 2.91. The number of fused-ring (bicyclic) bond motifs is 2. The van der Waals surface area contributed by atoms with E-state index in [1.807, 2.05) is 0 Å². The number of carbonyl (C=O) groups is 1. The zero-order chi connectivity index (χ0) is 21.1. The highest BCUT2D eigenvalue weighted by atomic mass is 32.2. The van der Waals surface area contributed by atoms with Crippen LogP contribution in [0.1, 0.15) is 46.0 Å². The highest BCUT2D eigenvalue weighted by Gasteiger charge is 2.66. The minimum Gasteiger partial charge on any atom is -0.444 e. The Morgan fingerprint density at radius 2 is 1.52 bits per heavy atom. The lowest BCUT2D eigenvalue weighted by Gasteiger charge is -2.48. The van der Waals surface area contributed by atoms with E-state index in [1.54, 1.807) is 6.92 Å². The molecule has 27 heavy (non-hydrogen) atoms. The molecule has 0 amide bonds. The Bertz CT molecular complexity index is 686. The van der Waals surface area contributed by atoms with E-state index >= 15 is 0 Å². The van der Waals surface area contributed by atoms with E-state index in [4.69, 9.17) is 4.55 Å². The summed E-state index contributed by atoms with van der Waals surface area (Å²) in [5.74, 6) is -2.03. The third-order valence-corrected chi connectivity index (χ3v) is 6.17. The molecule has 0 aliphatic heterocycles. The molecule has 0 saturated heterocycles. The molecule has 0 radical (unpaired) electrons. The molecule has 0 aromatic rings. The van der Waals surface area contributed by atoms with Crippen molar-refractivity contribution in [3.8, 4) is 0 Å². The number of halogens is 5. The monoisotopic (exact) mass is 424 g/mol. The Labute approximate surface area is 152 Å². The molecule has 2 aliphatic carbocycles. The normalized spacial score (nSPS) is 36.2. The third kappa shape index (κ3) is 4.53. The van der Waals surface area contributed by atoms with Gasteiger partial charge in [0.15, 0.2) is 0 Å².